The monoisotopic (exact) mass is 1050 g/mol. The van der Waals surface area contributed by atoms with Crippen LogP contribution in [0.1, 0.15) is 98.8 Å². The molecule has 14 nitrogen and oxygen atoms in total. The van der Waals surface area contributed by atoms with Crippen LogP contribution in [0, 0.1) is 33.2 Å². The molecule has 3 fully saturated rings. The molecule has 2 saturated heterocycles. The van der Waals surface area contributed by atoms with Crippen LogP contribution in [0.5, 0.6) is 0 Å². The zero-order chi connectivity index (χ0) is 48.5. The fraction of sp³-hybridized carbons (Fsp3) is 0.640. The lowest BCUT2D eigenvalue weighted by atomic mass is 9.82. The number of ether oxygens (including phenoxy) is 5. The van der Waals surface area contributed by atoms with E-state index in [2.05, 4.69) is 29.2 Å². The molecule has 3 heterocycles. The molecule has 0 radical (unpaired) electrons. The first-order valence-corrected chi connectivity index (χ1v) is 25.7. The van der Waals surface area contributed by atoms with E-state index in [1.165, 1.54) is 44.4 Å². The molecule has 0 spiro atoms. The average molecular weight is 1050 g/mol. The lowest BCUT2D eigenvalue weighted by molar-refractivity contribution is -0.302. The van der Waals surface area contributed by atoms with Gasteiger partial charge in [-0.3, -0.25) is 18.6 Å². The van der Waals surface area contributed by atoms with Gasteiger partial charge in [-0.1, -0.05) is 50.6 Å². The number of allylic oxidation sites excluding steroid dienone is 5. The SMILES string of the molecule is C=CCC1/C=C(\C)CC(C)CC(OC)C2OC(O)(C(=O)C(=O)N3CCCCC3C(=O)OC(C(C)=CC3CCC(OS(=O)(=O)c4ccc(I)cc4)C(OC)C3)C(C)/C=C/C1=O)C(C)CC2OC. The Labute approximate surface area is 405 Å². The maximum absolute atomic E-state index is 14.5. The Bertz CT molecular complexity index is 2090. The second kappa shape index (κ2) is 24.0. The maximum atomic E-state index is 14.5. The van der Waals surface area contributed by atoms with Gasteiger partial charge < -0.3 is 33.7 Å². The van der Waals surface area contributed by atoms with Gasteiger partial charge in [0.15, 0.2) is 5.78 Å². The van der Waals surface area contributed by atoms with Crippen LogP contribution in [0.25, 0.3) is 0 Å². The molecule has 0 aromatic heterocycles. The Balaban J connectivity index is 1.49. The van der Waals surface area contributed by atoms with Crippen molar-refractivity contribution in [1.29, 1.82) is 0 Å². The third kappa shape index (κ3) is 13.2. The minimum Gasteiger partial charge on any atom is -0.456 e. The summed E-state index contributed by atoms with van der Waals surface area (Å²) in [5.41, 5.74) is 1.66. The summed E-state index contributed by atoms with van der Waals surface area (Å²) in [5.74, 6) is -7.57. The van der Waals surface area contributed by atoms with Gasteiger partial charge in [-0.2, -0.15) is 8.42 Å². The second-order valence-electron chi connectivity index (χ2n) is 18.8. The Kier molecular flexibility index (Phi) is 19.5. The Morgan fingerprint density at radius 3 is 2.26 bits per heavy atom. The number of halogens is 1. The van der Waals surface area contributed by atoms with Crippen molar-refractivity contribution in [2.75, 3.05) is 27.9 Å². The van der Waals surface area contributed by atoms with Gasteiger partial charge in [0.1, 0.15) is 24.4 Å². The van der Waals surface area contributed by atoms with Crippen LogP contribution >= 0.6 is 22.6 Å². The smallest absolute Gasteiger partial charge is 0.329 e. The van der Waals surface area contributed by atoms with Crippen molar-refractivity contribution in [2.24, 2.45) is 29.6 Å². The minimum atomic E-state index is -4.06. The molecule has 13 unspecified atom stereocenters. The van der Waals surface area contributed by atoms with Gasteiger partial charge in [0, 0.05) is 49.2 Å². The maximum Gasteiger partial charge on any atom is 0.329 e. The van der Waals surface area contributed by atoms with Crippen molar-refractivity contribution >= 4 is 56.2 Å². The predicted octanol–water partition coefficient (Wildman–Crippen LogP) is 7.46. The number of rotatable bonds is 10. The molecule has 13 atom stereocenters. The van der Waals surface area contributed by atoms with Gasteiger partial charge in [0.2, 0.25) is 5.79 Å². The zero-order valence-electron chi connectivity index (χ0n) is 39.7. The van der Waals surface area contributed by atoms with Crippen molar-refractivity contribution in [2.45, 2.75) is 152 Å². The molecule has 1 aliphatic carbocycles. The molecule has 1 aromatic carbocycles. The van der Waals surface area contributed by atoms with Crippen molar-refractivity contribution < 1.29 is 60.6 Å². The molecule has 4 aliphatic rings. The highest BCUT2D eigenvalue weighted by Crippen LogP contribution is 2.39. The molecule has 366 valence electrons. The number of cyclic esters (lactones) is 1. The number of aliphatic hydroxyl groups is 1. The van der Waals surface area contributed by atoms with Crippen molar-refractivity contribution in [3.05, 3.63) is 75.9 Å². The molecule has 1 saturated carbocycles. The number of carbonyl (C=O) groups excluding carboxylic acids is 4. The molecule has 3 aliphatic heterocycles. The molecule has 5 rings (SSSR count). The lowest BCUT2D eigenvalue weighted by Crippen LogP contribution is -2.64. The number of amides is 1. The number of hydrogen-bond donors (Lipinski definition) is 1. The van der Waals surface area contributed by atoms with Gasteiger partial charge in [0.25, 0.3) is 21.8 Å². The molecule has 1 aromatic rings. The molecule has 16 heteroatoms. The van der Waals surface area contributed by atoms with Crippen LogP contribution in [0.2, 0.25) is 0 Å². The van der Waals surface area contributed by atoms with Crippen LogP contribution in [0.4, 0.5) is 0 Å². The Morgan fingerprint density at radius 2 is 1.61 bits per heavy atom. The van der Waals surface area contributed by atoms with Crippen LogP contribution < -0.4 is 0 Å². The van der Waals surface area contributed by atoms with Gasteiger partial charge in [0.05, 0.1) is 23.2 Å². The number of piperidine rings is 1. The number of methoxy groups -OCH3 is 3. The summed E-state index contributed by atoms with van der Waals surface area (Å²) in [7, 11) is 0.512. The van der Waals surface area contributed by atoms with Crippen molar-refractivity contribution in [1.82, 2.24) is 4.90 Å². The van der Waals surface area contributed by atoms with Crippen molar-refractivity contribution in [3.63, 3.8) is 0 Å². The summed E-state index contributed by atoms with van der Waals surface area (Å²) < 4.78 is 63.3. The summed E-state index contributed by atoms with van der Waals surface area (Å²) in [6.45, 7) is 13.3. The molecular formula is C50H70INO13S. The van der Waals surface area contributed by atoms with Crippen LogP contribution in [-0.4, -0.2) is 118 Å². The van der Waals surface area contributed by atoms with E-state index < -0.39 is 94.0 Å². The number of fused-ring (bicyclic) bond motifs is 3. The van der Waals surface area contributed by atoms with E-state index in [1.807, 2.05) is 39.8 Å². The third-order valence-electron chi connectivity index (χ3n) is 13.7. The summed E-state index contributed by atoms with van der Waals surface area (Å²) in [4.78, 5) is 58.4. The first-order valence-electron chi connectivity index (χ1n) is 23.2. The van der Waals surface area contributed by atoms with E-state index in [-0.39, 0.29) is 41.9 Å². The third-order valence-corrected chi connectivity index (χ3v) is 15.8. The minimum absolute atomic E-state index is 0.0160. The van der Waals surface area contributed by atoms with E-state index in [1.54, 1.807) is 31.2 Å². The quantitative estimate of drug-likeness (QED) is 0.0803. The first kappa shape index (κ1) is 53.8. The number of ketones is 2. The van der Waals surface area contributed by atoms with Gasteiger partial charge in [-0.05, 0) is 148 Å². The fourth-order valence-electron chi connectivity index (χ4n) is 10.0. The van der Waals surface area contributed by atoms with Gasteiger partial charge in [-0.15, -0.1) is 6.58 Å². The topological polar surface area (TPSA) is 181 Å². The predicted molar refractivity (Wildman–Crippen MR) is 256 cm³/mol. The second-order valence-corrected chi connectivity index (χ2v) is 21.6. The highest BCUT2D eigenvalue weighted by molar-refractivity contribution is 14.1. The molecule has 1 amide bonds. The van der Waals surface area contributed by atoms with Gasteiger partial charge in [-0.25, -0.2) is 4.79 Å². The van der Waals surface area contributed by atoms with E-state index in [0.29, 0.717) is 56.9 Å². The highest BCUT2D eigenvalue weighted by Gasteiger charge is 2.56. The number of esters is 1. The zero-order valence-corrected chi connectivity index (χ0v) is 42.7. The summed E-state index contributed by atoms with van der Waals surface area (Å²) in [6, 6.07) is 5.29. The van der Waals surface area contributed by atoms with Crippen molar-refractivity contribution in [3.8, 4) is 0 Å². The van der Waals surface area contributed by atoms with Crippen LogP contribution in [0.15, 0.2) is 77.3 Å². The summed E-state index contributed by atoms with van der Waals surface area (Å²) in [5, 5.41) is 12.1. The molecule has 1 N–H and O–H groups in total. The largest absolute Gasteiger partial charge is 0.456 e. The number of carbonyl (C=O) groups is 4. The van der Waals surface area contributed by atoms with E-state index in [9.17, 15) is 32.7 Å². The first-order chi connectivity index (χ1) is 31.3. The fourth-order valence-corrected chi connectivity index (χ4v) is 11.5. The summed E-state index contributed by atoms with van der Waals surface area (Å²) >= 11 is 2.11. The van der Waals surface area contributed by atoms with E-state index in [0.717, 1.165) is 9.14 Å². The van der Waals surface area contributed by atoms with E-state index >= 15 is 0 Å². The van der Waals surface area contributed by atoms with E-state index in [4.69, 9.17) is 27.9 Å². The number of nitrogens with zero attached hydrogens (tertiary/aromatic N) is 1. The normalized spacial score (nSPS) is 36.3. The number of hydrogen-bond acceptors (Lipinski definition) is 13. The lowest BCUT2D eigenvalue weighted by Gasteiger charge is -2.47. The number of Topliss-reactive ketones (excluding diaryl/α,β-unsaturated/α-hetero) is 1. The van der Waals surface area contributed by atoms with Crippen LogP contribution in [0.3, 0.4) is 0 Å². The summed E-state index contributed by atoms with van der Waals surface area (Å²) in [6.07, 6.45) is 9.01. The standard InChI is InChI=1S/C50H70INO13S/c1-10-13-36-25-30(2)24-31(3)26-43(61-8)46-44(62-9)28-34(6)50(57,64-46)47(54)48(55)52-23-12-11-14-39(52)49(56)63-45(32(4)15-21-40(36)53)33(5)27-35-16-22-41(42(29-35)60-7)65-66(58,59)38-19-17-37(51)18-20-38/h10,15,17-21,25,27,31-32,34-36,39,41-46,57H,1,11-14,16,22-24,26,28-29H2,2-9H3/b21-15+,30-25+,33-27?. The van der Waals surface area contributed by atoms with Crippen LogP contribution in [-0.2, 0) is 57.2 Å². The molecule has 2 bridgehead atoms. The Morgan fingerprint density at radius 1 is 0.939 bits per heavy atom. The highest BCUT2D eigenvalue weighted by atomic mass is 127. The Hall–Kier alpha value is -3.10. The number of benzene rings is 1. The average Bonchev–Trinajstić information content (AvgIpc) is 3.29. The molecule has 66 heavy (non-hydrogen) atoms. The molecular weight excluding hydrogens is 982 g/mol. The van der Waals surface area contributed by atoms with Gasteiger partial charge >= 0.3 is 5.97 Å².